The standard InChI is InChI=1S/C18H22F2O2.C2H7N/c1-17(2,3)22-16(21)11-13-7-9-15(10-8-13)18(19,20)12-14-5-4-6-14;1-3-2/h7-10,12H,4-6,11H2,1-3H3;3H,1-2H3. The first-order valence-electron chi connectivity index (χ1n) is 8.55. The molecular formula is C20H29F2NO2. The molecule has 5 heteroatoms. The average Bonchev–Trinajstić information content (AvgIpc) is 2.42. The number of carbonyl (C=O) groups is 1. The van der Waals surface area contributed by atoms with E-state index in [0.717, 1.165) is 30.9 Å². The molecule has 0 unspecified atom stereocenters. The quantitative estimate of drug-likeness (QED) is 0.635. The zero-order valence-electron chi connectivity index (χ0n) is 15.8. The van der Waals surface area contributed by atoms with E-state index in [9.17, 15) is 13.6 Å². The van der Waals surface area contributed by atoms with Gasteiger partial charge in [-0.05, 0) is 65.8 Å². The Labute approximate surface area is 149 Å². The Morgan fingerprint density at radius 3 is 2.08 bits per heavy atom. The van der Waals surface area contributed by atoms with Crippen LogP contribution in [0.4, 0.5) is 8.78 Å². The molecule has 1 N–H and O–H groups in total. The number of allylic oxidation sites excluding steroid dienone is 2. The molecular weight excluding hydrogens is 324 g/mol. The molecule has 0 heterocycles. The molecule has 140 valence electrons. The van der Waals surface area contributed by atoms with Gasteiger partial charge in [0.2, 0.25) is 0 Å². The summed E-state index contributed by atoms with van der Waals surface area (Å²) in [5, 5.41) is 2.75. The normalized spacial score (nSPS) is 14.1. The van der Waals surface area contributed by atoms with Crippen LogP contribution in [0.15, 0.2) is 35.9 Å². The van der Waals surface area contributed by atoms with Gasteiger partial charge in [-0.15, -0.1) is 0 Å². The van der Waals surface area contributed by atoms with E-state index in [2.05, 4.69) is 5.32 Å². The number of ether oxygens (including phenoxy) is 1. The zero-order valence-corrected chi connectivity index (χ0v) is 15.8. The van der Waals surface area contributed by atoms with Crippen molar-refractivity contribution in [3.63, 3.8) is 0 Å². The summed E-state index contributed by atoms with van der Waals surface area (Å²) in [7, 11) is 3.75. The Morgan fingerprint density at radius 2 is 1.68 bits per heavy atom. The van der Waals surface area contributed by atoms with Crippen LogP contribution in [0.3, 0.4) is 0 Å². The van der Waals surface area contributed by atoms with E-state index in [-0.39, 0.29) is 18.0 Å². The van der Waals surface area contributed by atoms with Crippen LogP contribution in [0.2, 0.25) is 0 Å². The summed E-state index contributed by atoms with van der Waals surface area (Å²) < 4.78 is 33.4. The second-order valence-electron chi connectivity index (χ2n) is 7.24. The predicted octanol–water partition coefficient (Wildman–Crippen LogP) is 4.61. The predicted molar refractivity (Wildman–Crippen MR) is 96.8 cm³/mol. The fourth-order valence-corrected chi connectivity index (χ4v) is 2.25. The lowest BCUT2D eigenvalue weighted by atomic mass is 9.90. The van der Waals surface area contributed by atoms with Crippen molar-refractivity contribution in [3.05, 3.63) is 47.0 Å². The molecule has 0 atom stereocenters. The molecule has 0 saturated heterocycles. The summed E-state index contributed by atoms with van der Waals surface area (Å²) in [5.74, 6) is -3.30. The molecule has 1 aromatic carbocycles. The highest BCUT2D eigenvalue weighted by Gasteiger charge is 2.30. The Hall–Kier alpha value is -1.75. The molecule has 3 nitrogen and oxygen atoms in total. The lowest BCUT2D eigenvalue weighted by Crippen LogP contribution is -2.24. The summed E-state index contributed by atoms with van der Waals surface area (Å²) in [6, 6.07) is 5.89. The third-order valence-electron chi connectivity index (χ3n) is 3.49. The first-order valence-corrected chi connectivity index (χ1v) is 8.55. The molecule has 1 fully saturated rings. The number of alkyl halides is 2. The fourth-order valence-electron chi connectivity index (χ4n) is 2.25. The number of nitrogens with one attached hydrogen (secondary N) is 1. The molecule has 1 saturated carbocycles. The van der Waals surface area contributed by atoms with Gasteiger partial charge in [-0.1, -0.05) is 29.8 Å². The van der Waals surface area contributed by atoms with E-state index in [0.29, 0.717) is 5.56 Å². The van der Waals surface area contributed by atoms with Gasteiger partial charge in [0.15, 0.2) is 0 Å². The van der Waals surface area contributed by atoms with Gasteiger partial charge in [0, 0.05) is 5.56 Å². The monoisotopic (exact) mass is 353 g/mol. The maximum Gasteiger partial charge on any atom is 0.310 e. The number of carbonyl (C=O) groups excluding carboxylic acids is 1. The van der Waals surface area contributed by atoms with Crippen molar-refractivity contribution >= 4 is 5.97 Å². The number of benzene rings is 1. The highest BCUT2D eigenvalue weighted by Crippen LogP contribution is 2.36. The number of rotatable bonds is 4. The van der Waals surface area contributed by atoms with E-state index < -0.39 is 11.5 Å². The number of halogens is 2. The van der Waals surface area contributed by atoms with Crippen molar-refractivity contribution in [2.45, 2.75) is 58.0 Å². The van der Waals surface area contributed by atoms with E-state index in [1.165, 1.54) is 12.1 Å². The lowest BCUT2D eigenvalue weighted by Gasteiger charge is -2.21. The summed E-state index contributed by atoms with van der Waals surface area (Å²) in [6.07, 6.45) is 3.69. The van der Waals surface area contributed by atoms with E-state index in [4.69, 9.17) is 4.74 Å². The summed E-state index contributed by atoms with van der Waals surface area (Å²) in [6.45, 7) is 5.38. The minimum absolute atomic E-state index is 0.0418. The Kier molecular flexibility index (Phi) is 7.74. The molecule has 1 aliphatic carbocycles. The highest BCUT2D eigenvalue weighted by molar-refractivity contribution is 5.73. The van der Waals surface area contributed by atoms with Crippen molar-refractivity contribution < 1.29 is 18.3 Å². The highest BCUT2D eigenvalue weighted by atomic mass is 19.3. The van der Waals surface area contributed by atoms with Crippen molar-refractivity contribution in [1.29, 1.82) is 0 Å². The number of esters is 1. The van der Waals surface area contributed by atoms with Crippen LogP contribution in [0.1, 0.15) is 51.2 Å². The van der Waals surface area contributed by atoms with E-state index >= 15 is 0 Å². The average molecular weight is 353 g/mol. The largest absolute Gasteiger partial charge is 0.460 e. The van der Waals surface area contributed by atoms with Gasteiger partial charge in [0.05, 0.1) is 6.42 Å². The van der Waals surface area contributed by atoms with E-state index in [1.54, 1.807) is 32.9 Å². The minimum atomic E-state index is -2.94. The van der Waals surface area contributed by atoms with Gasteiger partial charge < -0.3 is 10.1 Å². The molecule has 0 radical (unpaired) electrons. The molecule has 0 bridgehead atoms. The van der Waals surface area contributed by atoms with Crippen molar-refractivity contribution in [2.75, 3.05) is 14.1 Å². The Balaban J connectivity index is 0.000000970. The third-order valence-corrected chi connectivity index (χ3v) is 3.49. The first-order chi connectivity index (χ1) is 11.6. The molecule has 0 aliphatic heterocycles. The molecule has 25 heavy (non-hydrogen) atoms. The number of hydrogen-bond donors (Lipinski definition) is 1. The third kappa shape index (κ3) is 7.78. The van der Waals surface area contributed by atoms with Crippen molar-refractivity contribution in [2.24, 2.45) is 0 Å². The van der Waals surface area contributed by atoms with Gasteiger partial charge >= 0.3 is 5.97 Å². The second-order valence-corrected chi connectivity index (χ2v) is 7.24. The minimum Gasteiger partial charge on any atom is -0.460 e. The molecule has 0 aromatic heterocycles. The molecule has 2 rings (SSSR count). The van der Waals surface area contributed by atoms with Gasteiger partial charge in [-0.3, -0.25) is 4.79 Å². The zero-order chi connectivity index (χ0) is 19.1. The second kappa shape index (κ2) is 9.09. The lowest BCUT2D eigenvalue weighted by molar-refractivity contribution is -0.153. The van der Waals surface area contributed by atoms with Crippen LogP contribution in [0.25, 0.3) is 0 Å². The van der Waals surface area contributed by atoms with E-state index in [1.807, 2.05) is 14.1 Å². The van der Waals surface area contributed by atoms with Gasteiger partial charge in [-0.2, -0.15) is 8.78 Å². The van der Waals surface area contributed by atoms with Crippen LogP contribution in [0.5, 0.6) is 0 Å². The van der Waals surface area contributed by atoms with Crippen LogP contribution in [-0.4, -0.2) is 25.7 Å². The number of hydrogen-bond acceptors (Lipinski definition) is 3. The van der Waals surface area contributed by atoms with Gasteiger partial charge in [0.25, 0.3) is 5.92 Å². The summed E-state index contributed by atoms with van der Waals surface area (Å²) in [4.78, 5) is 11.7. The summed E-state index contributed by atoms with van der Waals surface area (Å²) >= 11 is 0. The Bertz CT molecular complexity index is 581. The maximum atomic E-state index is 14.1. The first kappa shape index (κ1) is 21.3. The van der Waals surface area contributed by atoms with Gasteiger partial charge in [-0.25, -0.2) is 0 Å². The SMILES string of the molecule is CC(C)(C)OC(=O)Cc1ccc(C(F)(F)C=C2CCC2)cc1.CNC. The molecule has 1 aliphatic rings. The van der Waals surface area contributed by atoms with Crippen molar-refractivity contribution in [3.8, 4) is 0 Å². The van der Waals surface area contributed by atoms with Crippen LogP contribution in [0, 0.1) is 0 Å². The van der Waals surface area contributed by atoms with Gasteiger partial charge in [0.1, 0.15) is 5.60 Å². The summed E-state index contributed by atoms with van der Waals surface area (Å²) in [5.41, 5.74) is 0.909. The maximum absolute atomic E-state index is 14.1. The van der Waals surface area contributed by atoms with Crippen LogP contribution >= 0.6 is 0 Å². The smallest absolute Gasteiger partial charge is 0.310 e. The topological polar surface area (TPSA) is 38.3 Å². The molecule has 1 aromatic rings. The van der Waals surface area contributed by atoms with Crippen LogP contribution < -0.4 is 5.32 Å². The molecule has 0 spiro atoms. The van der Waals surface area contributed by atoms with Crippen LogP contribution in [-0.2, 0) is 21.9 Å². The Morgan fingerprint density at radius 1 is 1.16 bits per heavy atom. The molecule has 0 amide bonds. The fraction of sp³-hybridized carbons (Fsp3) is 0.550. The van der Waals surface area contributed by atoms with Crippen molar-refractivity contribution in [1.82, 2.24) is 5.32 Å².